The molecule has 3 saturated carbocycles. The molecule has 21 nitrogen and oxygen atoms in total. The minimum absolute atomic E-state index is 0.0454. The van der Waals surface area contributed by atoms with Gasteiger partial charge in [0.25, 0.3) is 0 Å². The van der Waals surface area contributed by atoms with Crippen LogP contribution in [0.4, 0.5) is 16.2 Å². The van der Waals surface area contributed by atoms with Crippen LogP contribution in [-0.4, -0.2) is 171 Å². The topological polar surface area (TPSA) is 295 Å². The van der Waals surface area contributed by atoms with E-state index in [1.807, 2.05) is 117 Å². The number of fused-ring (bicyclic) bond motifs is 2. The van der Waals surface area contributed by atoms with Gasteiger partial charge in [0, 0.05) is 82.6 Å². The highest BCUT2D eigenvalue weighted by molar-refractivity contribution is 7.99. The van der Waals surface area contributed by atoms with Crippen LogP contribution in [0.2, 0.25) is 0 Å². The number of amides is 5. The molecule has 574 valence electrons. The van der Waals surface area contributed by atoms with E-state index in [-0.39, 0.29) is 46.5 Å². The molecule has 108 heavy (non-hydrogen) atoms. The van der Waals surface area contributed by atoms with E-state index in [0.29, 0.717) is 37.0 Å². The Bertz CT molecular complexity index is 4230. The first-order valence-electron chi connectivity index (χ1n) is 37.2. The Hall–Kier alpha value is -9.07. The predicted molar refractivity (Wildman–Crippen MR) is 421 cm³/mol. The number of likely N-dealkylation sites (tertiary alicyclic amines) is 1. The first-order valence-corrected chi connectivity index (χ1v) is 39.4. The van der Waals surface area contributed by atoms with Crippen LogP contribution < -0.4 is 30.7 Å². The van der Waals surface area contributed by atoms with Crippen LogP contribution in [0.1, 0.15) is 135 Å². The molecule has 5 fully saturated rings. The van der Waals surface area contributed by atoms with E-state index >= 15 is 0 Å². The van der Waals surface area contributed by atoms with Crippen molar-refractivity contribution in [2.45, 2.75) is 148 Å². The number of phenols is 1. The summed E-state index contributed by atoms with van der Waals surface area (Å²) in [6.45, 7) is 13.5. The zero-order chi connectivity index (χ0) is 77.7. The average molecular weight is 1510 g/mol. The van der Waals surface area contributed by atoms with Crippen molar-refractivity contribution in [2.24, 2.45) is 28.9 Å². The minimum atomic E-state index is -1.36. The fourth-order valence-corrected chi connectivity index (χ4v) is 18.8. The number of ketones is 1. The van der Waals surface area contributed by atoms with Gasteiger partial charge in [0.1, 0.15) is 16.9 Å². The number of aromatic carboxylic acids is 1. The minimum Gasteiger partial charge on any atom is -0.504 e. The number of phenolic OH excluding ortho intramolecular Hbond substituents is 1. The number of aromatic nitrogens is 1. The second kappa shape index (κ2) is 36.0. The number of hydrogen-bond acceptors (Lipinski definition) is 18. The number of aromatic hydroxyl groups is 1. The SMILES string of the molecule is C=CCC1(CC(C)C)C(=O)NC(=O)NC1=O.CC(CN1c2ccccc2Sc2ccccc21)N(C)C.COc1cccc([C@@]2(O)CCCC[C@@H]2CN(C)C)c1.NC(=O)CS(=O)C(c1ccccc1)c1ccccc1.O=C(O)c1cccnc1.O=C1CC[C@@]2(O)[C@H]3Cc4ccc(O)c5c4[C@@]2(CCN3CC2CC2)[C@H]1O5. The standard InChI is InChI=1S/C20H23NO4.C17H20N2S.C16H25NO2.C15H15NO2S.C11H16N2O3.C6H5NO2/c22-13-4-3-12-9-15-20(24)6-5-14(23)18-19(20,16(12)17(13)25-18)7-8-21(15)10-11-1-2-11;1-13(18(2)3)12-19-14-8-4-6-10-16(14)20-17-11-7-5-9-15(17)19;1-17(2)12-14-7-4-5-10-16(14,18)13-8-6-9-15(11-13)19-3;16-14(17)11-19(18)15(12-7-3-1-4-8-12)13-9-5-2-6-10-13;1-4-5-11(6-7(2)3)8(14)12-10(16)13-9(11)15;8-6(9)5-2-1-3-7-4-5/h3-4,11,15,18,22,24H,1-2,5-10H2;4-11,13H,12H2,1-3H3;6,8-9,11,14,18H,4-5,7,10,12H2,1-3H3;1-10,15H,11H2,(H2,16,17);4,7H,1,5-6H2,2-3H3,(H2,12,13,14,15,16);1-4H,(H,8,9)/t15-,18+,19+,20-;;14-,16+;;;/m1.1.../s1. The maximum atomic E-state index is 12.7. The molecule has 0 radical (unpaired) electrons. The number of carbonyl (C=O) groups is 6. The van der Waals surface area contributed by atoms with Crippen LogP contribution in [0, 0.1) is 23.2 Å². The van der Waals surface area contributed by atoms with Gasteiger partial charge in [0.05, 0.1) is 45.9 Å². The van der Waals surface area contributed by atoms with E-state index in [1.165, 1.54) is 65.0 Å². The molecule has 8 N–H and O–H groups in total. The number of allylic oxidation sites excluding steroid dienone is 1. The zero-order valence-electron chi connectivity index (χ0n) is 63.1. The van der Waals surface area contributed by atoms with Crippen LogP contribution in [-0.2, 0) is 47.4 Å². The number of benzene rings is 6. The smallest absolute Gasteiger partial charge is 0.337 e. The number of Topliss-reactive ketones (excluding diaryl/α,β-unsaturated/α-hetero) is 1. The number of carboxylic acids is 1. The van der Waals surface area contributed by atoms with Crippen molar-refractivity contribution in [1.29, 1.82) is 0 Å². The number of aliphatic hydroxyl groups is 2. The van der Waals surface area contributed by atoms with Crippen molar-refractivity contribution >= 4 is 69.4 Å². The summed E-state index contributed by atoms with van der Waals surface area (Å²) in [5.74, 6) is -0.00948. The number of nitrogens with one attached hydrogen (secondary N) is 2. The number of methoxy groups -OCH3 is 1. The highest BCUT2D eigenvalue weighted by Gasteiger charge is 2.73. The molecule has 2 saturated heterocycles. The Balaban J connectivity index is 0.000000141. The third kappa shape index (κ3) is 18.3. The number of likely N-dealkylation sites (N-methyl/N-ethyl adjacent to an activating group) is 1. The number of anilines is 2. The molecule has 7 aromatic rings. The number of nitrogens with two attached hydrogens (primary N) is 1. The average Bonchev–Trinajstić information content (AvgIpc) is 1.46. The second-order valence-corrected chi connectivity index (χ2v) is 32.8. The Kier molecular flexibility index (Phi) is 27.1. The van der Waals surface area contributed by atoms with Crippen molar-refractivity contribution in [3.63, 3.8) is 0 Å². The lowest BCUT2D eigenvalue weighted by molar-refractivity contribution is -0.188. The lowest BCUT2D eigenvalue weighted by Crippen LogP contribution is -2.76. The quantitative estimate of drug-likeness (QED) is 0.0292. The van der Waals surface area contributed by atoms with E-state index in [9.17, 15) is 48.3 Å². The molecule has 2 unspecified atom stereocenters. The molecular formula is C85H104N8O13S2. The summed E-state index contributed by atoms with van der Waals surface area (Å²) in [5.41, 5.74) is 9.42. The summed E-state index contributed by atoms with van der Waals surface area (Å²) in [6, 6.07) is 50.8. The number of imide groups is 2. The van der Waals surface area contributed by atoms with Crippen LogP contribution in [0.25, 0.3) is 0 Å². The molecular weight excluding hydrogens is 1410 g/mol. The fraction of sp³-hybridized carbons (Fsp3) is 0.424. The summed E-state index contributed by atoms with van der Waals surface area (Å²) >= 11 is 1.87. The summed E-state index contributed by atoms with van der Waals surface area (Å²) in [7, 11) is 8.72. The first-order chi connectivity index (χ1) is 51.7. The van der Waals surface area contributed by atoms with Gasteiger partial charge in [-0.3, -0.25) is 43.9 Å². The number of piperidine rings is 1. The van der Waals surface area contributed by atoms with Crippen molar-refractivity contribution < 1.29 is 62.9 Å². The van der Waals surface area contributed by atoms with Crippen LogP contribution in [0.15, 0.2) is 193 Å². The van der Waals surface area contributed by atoms with Gasteiger partial charge >= 0.3 is 12.0 Å². The van der Waals surface area contributed by atoms with Crippen LogP contribution in [0.3, 0.4) is 0 Å². The van der Waals surface area contributed by atoms with Gasteiger partial charge in [-0.15, -0.1) is 6.58 Å². The molecule has 1 aromatic heterocycles. The van der Waals surface area contributed by atoms with Gasteiger partial charge in [0.15, 0.2) is 23.4 Å². The lowest BCUT2D eigenvalue weighted by atomic mass is 9.49. The molecule has 5 amide bonds. The number of ether oxygens (including phenoxy) is 2. The molecule has 4 aliphatic carbocycles. The van der Waals surface area contributed by atoms with Crippen molar-refractivity contribution in [3.05, 3.63) is 216 Å². The van der Waals surface area contributed by atoms with Gasteiger partial charge in [-0.05, 0) is 188 Å². The highest BCUT2D eigenvalue weighted by Crippen LogP contribution is 2.65. The molecule has 15 rings (SSSR count). The lowest BCUT2D eigenvalue weighted by Gasteiger charge is -2.62. The number of carboxylic acid groups (broad SMARTS) is 1. The van der Waals surface area contributed by atoms with E-state index in [4.69, 9.17) is 20.3 Å². The number of primary amides is 1. The summed E-state index contributed by atoms with van der Waals surface area (Å²) in [5, 5.41) is 45.8. The number of pyridine rings is 1. The van der Waals surface area contributed by atoms with Crippen molar-refractivity contribution in [2.75, 3.05) is 72.1 Å². The third-order valence-corrected chi connectivity index (χ3v) is 24.6. The monoisotopic (exact) mass is 1510 g/mol. The maximum Gasteiger partial charge on any atom is 0.337 e. The van der Waals surface area contributed by atoms with E-state index < -0.39 is 68.7 Å². The van der Waals surface area contributed by atoms with E-state index in [0.717, 1.165) is 97.8 Å². The molecule has 8 aliphatic rings. The molecule has 6 aromatic carbocycles. The van der Waals surface area contributed by atoms with Gasteiger partial charge in [-0.1, -0.05) is 148 Å². The van der Waals surface area contributed by atoms with E-state index in [2.05, 4.69) is 125 Å². The molecule has 23 heteroatoms. The Morgan fingerprint density at radius 2 is 1.44 bits per heavy atom. The Morgan fingerprint density at radius 3 is 1.98 bits per heavy atom. The van der Waals surface area contributed by atoms with Gasteiger partial charge in [-0.25, -0.2) is 9.59 Å². The van der Waals surface area contributed by atoms with Gasteiger partial charge in [-0.2, -0.15) is 0 Å². The summed E-state index contributed by atoms with van der Waals surface area (Å²) < 4.78 is 23.7. The fourth-order valence-electron chi connectivity index (χ4n) is 16.3. The van der Waals surface area contributed by atoms with Crippen LogP contribution >= 0.6 is 11.8 Å². The zero-order valence-corrected chi connectivity index (χ0v) is 64.7. The molecule has 5 heterocycles. The molecule has 8 atom stereocenters. The maximum absolute atomic E-state index is 12.7. The van der Waals surface area contributed by atoms with Crippen molar-refractivity contribution in [1.82, 2.24) is 30.3 Å². The third-order valence-electron chi connectivity index (χ3n) is 21.8. The van der Waals surface area contributed by atoms with Gasteiger partial charge in [0.2, 0.25) is 17.7 Å². The molecule has 4 aliphatic heterocycles. The Labute approximate surface area is 641 Å². The number of urea groups is 1. The van der Waals surface area contributed by atoms with Crippen molar-refractivity contribution in [3.8, 4) is 17.2 Å². The largest absolute Gasteiger partial charge is 0.504 e. The molecule has 2 bridgehead atoms. The number of para-hydroxylation sites is 2. The molecule has 1 spiro atoms. The number of rotatable bonds is 19. The van der Waals surface area contributed by atoms with Gasteiger partial charge < -0.3 is 50.3 Å². The summed E-state index contributed by atoms with van der Waals surface area (Å²) in [4.78, 5) is 84.2. The Morgan fingerprint density at radius 1 is 0.806 bits per heavy atom. The highest BCUT2D eigenvalue weighted by atomic mass is 32.2. The van der Waals surface area contributed by atoms with E-state index in [1.54, 1.807) is 19.2 Å². The predicted octanol–water partition coefficient (Wildman–Crippen LogP) is 12.2. The normalized spacial score (nSPS) is 22.9. The first kappa shape index (κ1) is 81.4. The number of barbiturate groups is 1. The number of nitrogens with zero attached hydrogens (tertiary/aromatic N) is 5. The number of carbonyl (C=O) groups excluding carboxylic acids is 5. The summed E-state index contributed by atoms with van der Waals surface area (Å²) in [6.07, 6.45) is 13.6. The second-order valence-electron chi connectivity index (χ2n) is 30.2. The number of hydrogen-bond donors (Lipinski definition) is 7. The van der Waals surface area contributed by atoms with Crippen LogP contribution in [0.5, 0.6) is 17.2 Å².